The Bertz CT molecular complexity index is 713. The summed E-state index contributed by atoms with van der Waals surface area (Å²) in [5.74, 6) is 0.863. The summed E-state index contributed by atoms with van der Waals surface area (Å²) in [6.07, 6.45) is 5.36. The second kappa shape index (κ2) is 5.92. The minimum absolute atomic E-state index is 0.0544. The van der Waals surface area contributed by atoms with Crippen molar-refractivity contribution in [1.82, 2.24) is 14.8 Å². The number of aromatic nitrogens is 3. The van der Waals surface area contributed by atoms with Gasteiger partial charge in [-0.3, -0.25) is 0 Å². The van der Waals surface area contributed by atoms with Crippen molar-refractivity contribution in [2.45, 2.75) is 51.0 Å². The summed E-state index contributed by atoms with van der Waals surface area (Å²) >= 11 is 6.10. The molecule has 2 aliphatic heterocycles. The number of anilines is 1. The maximum absolute atomic E-state index is 9.97. The summed E-state index contributed by atoms with van der Waals surface area (Å²) in [5, 5.41) is 16.2. The molecule has 4 heterocycles. The van der Waals surface area contributed by atoms with Gasteiger partial charge < -0.3 is 14.7 Å². The van der Waals surface area contributed by atoms with Gasteiger partial charge in [-0.15, -0.1) is 0 Å². The fraction of sp³-hybridized carbons (Fsp3) is 0.625. The van der Waals surface area contributed by atoms with Crippen molar-refractivity contribution in [3.8, 4) is 0 Å². The molecule has 0 bridgehead atoms. The molecule has 0 aliphatic carbocycles. The standard InChI is InChI=1S/C16H21ClN4O2/c1-10-6-11(22)9-20(10)16-12-8-18-14(17)7-13(12)21(19-16)15-4-2-3-5-23-15/h7-8,10-11,15,22H,2-6,9H2,1H3. The van der Waals surface area contributed by atoms with Crippen molar-refractivity contribution in [2.75, 3.05) is 18.1 Å². The first kappa shape index (κ1) is 15.2. The van der Waals surface area contributed by atoms with Crippen LogP contribution in [-0.4, -0.2) is 45.2 Å². The van der Waals surface area contributed by atoms with Crippen LogP contribution in [0.3, 0.4) is 0 Å². The molecule has 2 fully saturated rings. The van der Waals surface area contributed by atoms with Crippen molar-refractivity contribution in [3.63, 3.8) is 0 Å². The summed E-state index contributed by atoms with van der Waals surface area (Å²) in [5.41, 5.74) is 0.945. The van der Waals surface area contributed by atoms with Crippen LogP contribution in [0.25, 0.3) is 10.9 Å². The van der Waals surface area contributed by atoms with Crippen LogP contribution in [0, 0.1) is 0 Å². The van der Waals surface area contributed by atoms with E-state index in [9.17, 15) is 5.11 Å². The zero-order chi connectivity index (χ0) is 16.0. The van der Waals surface area contributed by atoms with E-state index in [1.165, 1.54) is 0 Å². The number of aliphatic hydroxyl groups is 1. The van der Waals surface area contributed by atoms with E-state index >= 15 is 0 Å². The lowest BCUT2D eigenvalue weighted by Crippen LogP contribution is -2.28. The Morgan fingerprint density at radius 2 is 2.26 bits per heavy atom. The molecule has 0 radical (unpaired) electrons. The molecule has 3 atom stereocenters. The Hall–Kier alpha value is -1.37. The van der Waals surface area contributed by atoms with E-state index in [0.717, 1.165) is 49.0 Å². The van der Waals surface area contributed by atoms with Gasteiger partial charge in [-0.05, 0) is 32.6 Å². The smallest absolute Gasteiger partial charge is 0.160 e. The number of nitrogens with zero attached hydrogens (tertiary/aromatic N) is 4. The summed E-state index contributed by atoms with van der Waals surface area (Å²) in [4.78, 5) is 6.38. The van der Waals surface area contributed by atoms with Gasteiger partial charge in [0.2, 0.25) is 0 Å². The molecule has 2 aromatic heterocycles. The Labute approximate surface area is 140 Å². The first-order chi connectivity index (χ1) is 11.1. The van der Waals surface area contributed by atoms with Gasteiger partial charge >= 0.3 is 0 Å². The number of hydrogen-bond donors (Lipinski definition) is 1. The fourth-order valence-electron chi connectivity index (χ4n) is 3.64. The number of hydrogen-bond acceptors (Lipinski definition) is 5. The van der Waals surface area contributed by atoms with Gasteiger partial charge in [0, 0.05) is 31.5 Å². The molecule has 2 saturated heterocycles. The maximum atomic E-state index is 9.97. The average Bonchev–Trinajstić information content (AvgIpc) is 3.07. The van der Waals surface area contributed by atoms with Gasteiger partial charge in [-0.1, -0.05) is 11.6 Å². The highest BCUT2D eigenvalue weighted by Gasteiger charge is 2.32. The lowest BCUT2D eigenvalue weighted by molar-refractivity contribution is -0.0365. The van der Waals surface area contributed by atoms with Crippen LogP contribution in [0.2, 0.25) is 5.15 Å². The molecular weight excluding hydrogens is 316 g/mol. The molecule has 0 aromatic carbocycles. The summed E-state index contributed by atoms with van der Waals surface area (Å²) in [7, 11) is 0. The molecule has 6 nitrogen and oxygen atoms in total. The van der Waals surface area contributed by atoms with Gasteiger partial charge in [0.05, 0.1) is 17.0 Å². The first-order valence-corrected chi connectivity index (χ1v) is 8.61. The zero-order valence-corrected chi connectivity index (χ0v) is 13.9. The minimum Gasteiger partial charge on any atom is -0.391 e. The second-order valence-corrected chi connectivity index (χ2v) is 6.89. The maximum Gasteiger partial charge on any atom is 0.160 e. The van der Waals surface area contributed by atoms with Gasteiger partial charge in [0.1, 0.15) is 5.15 Å². The van der Waals surface area contributed by atoms with Crippen molar-refractivity contribution in [2.24, 2.45) is 0 Å². The Balaban J connectivity index is 1.81. The van der Waals surface area contributed by atoms with Gasteiger partial charge in [0.25, 0.3) is 0 Å². The van der Waals surface area contributed by atoms with E-state index in [1.807, 2.05) is 10.7 Å². The number of ether oxygens (including phenoxy) is 1. The largest absolute Gasteiger partial charge is 0.391 e. The highest BCUT2D eigenvalue weighted by molar-refractivity contribution is 6.30. The van der Waals surface area contributed by atoms with Crippen molar-refractivity contribution >= 4 is 28.3 Å². The lowest BCUT2D eigenvalue weighted by Gasteiger charge is -2.24. The van der Waals surface area contributed by atoms with Crippen molar-refractivity contribution < 1.29 is 9.84 Å². The van der Waals surface area contributed by atoms with Gasteiger partial charge in [-0.25, -0.2) is 9.67 Å². The van der Waals surface area contributed by atoms with Crippen LogP contribution >= 0.6 is 11.6 Å². The Morgan fingerprint density at radius 1 is 1.39 bits per heavy atom. The van der Waals surface area contributed by atoms with Crippen molar-refractivity contribution in [3.05, 3.63) is 17.4 Å². The molecule has 2 aromatic rings. The summed E-state index contributed by atoms with van der Waals surface area (Å²) in [6, 6.07) is 2.10. The number of aliphatic hydroxyl groups excluding tert-OH is 1. The second-order valence-electron chi connectivity index (χ2n) is 6.50. The predicted octanol–water partition coefficient (Wildman–Crippen LogP) is 2.74. The van der Waals surface area contributed by atoms with Crippen molar-refractivity contribution in [1.29, 1.82) is 0 Å². The van der Waals surface area contributed by atoms with E-state index < -0.39 is 0 Å². The average molecular weight is 337 g/mol. The highest BCUT2D eigenvalue weighted by atomic mass is 35.5. The third kappa shape index (κ3) is 2.69. The molecule has 0 saturated carbocycles. The quantitative estimate of drug-likeness (QED) is 0.854. The molecule has 4 rings (SSSR count). The fourth-order valence-corrected chi connectivity index (χ4v) is 3.79. The number of rotatable bonds is 2. The van der Waals surface area contributed by atoms with E-state index in [0.29, 0.717) is 11.7 Å². The predicted molar refractivity (Wildman–Crippen MR) is 88.8 cm³/mol. The van der Waals surface area contributed by atoms with Crippen LogP contribution in [0.5, 0.6) is 0 Å². The zero-order valence-electron chi connectivity index (χ0n) is 13.2. The van der Waals surface area contributed by atoms with Gasteiger partial charge in [0.15, 0.2) is 12.0 Å². The van der Waals surface area contributed by atoms with Crippen LogP contribution in [-0.2, 0) is 4.74 Å². The monoisotopic (exact) mass is 336 g/mol. The normalized spacial score (nSPS) is 28.7. The van der Waals surface area contributed by atoms with Gasteiger partial charge in [-0.2, -0.15) is 5.10 Å². The lowest BCUT2D eigenvalue weighted by atomic mass is 10.2. The molecule has 0 spiro atoms. The number of fused-ring (bicyclic) bond motifs is 1. The molecule has 0 amide bonds. The molecule has 7 heteroatoms. The van der Waals surface area contributed by atoms with E-state index in [1.54, 1.807) is 6.20 Å². The van der Waals surface area contributed by atoms with Crippen LogP contribution in [0.1, 0.15) is 38.8 Å². The van der Waals surface area contributed by atoms with Crippen LogP contribution in [0.4, 0.5) is 5.82 Å². The van der Waals surface area contributed by atoms with E-state index in [-0.39, 0.29) is 18.4 Å². The minimum atomic E-state index is -0.309. The Morgan fingerprint density at radius 3 is 2.96 bits per heavy atom. The highest BCUT2D eigenvalue weighted by Crippen LogP contribution is 2.35. The molecule has 124 valence electrons. The first-order valence-electron chi connectivity index (χ1n) is 8.23. The third-order valence-electron chi connectivity index (χ3n) is 4.79. The molecule has 3 unspecified atom stereocenters. The van der Waals surface area contributed by atoms with E-state index in [2.05, 4.69) is 16.8 Å². The van der Waals surface area contributed by atoms with Crippen LogP contribution < -0.4 is 4.90 Å². The summed E-state index contributed by atoms with van der Waals surface area (Å²) in [6.45, 7) is 3.47. The number of pyridine rings is 1. The number of β-amino-alcohol motifs (C(OH)–C–C–N with tert-alkyl or cyclic N) is 1. The topological polar surface area (TPSA) is 63.4 Å². The SMILES string of the molecule is CC1CC(O)CN1c1nn(C2CCCCO2)c2cc(Cl)ncc12. The summed E-state index contributed by atoms with van der Waals surface area (Å²) < 4.78 is 7.84. The third-order valence-corrected chi connectivity index (χ3v) is 5.00. The molecule has 1 N–H and O–H groups in total. The molecule has 23 heavy (non-hydrogen) atoms. The van der Waals surface area contributed by atoms with Crippen LogP contribution in [0.15, 0.2) is 12.3 Å². The Kier molecular flexibility index (Phi) is 3.91. The molecule has 2 aliphatic rings. The molecular formula is C16H21ClN4O2. The number of halogens is 1. The van der Waals surface area contributed by atoms with E-state index in [4.69, 9.17) is 21.4 Å².